The van der Waals surface area contributed by atoms with Crippen molar-refractivity contribution >= 4 is 11.2 Å². The topological polar surface area (TPSA) is 78.0 Å². The lowest BCUT2D eigenvalue weighted by atomic mass is 10.2. The van der Waals surface area contributed by atoms with Crippen molar-refractivity contribution in [2.24, 2.45) is 14.1 Å². The van der Waals surface area contributed by atoms with E-state index in [0.717, 1.165) is 16.8 Å². The van der Waals surface area contributed by atoms with Crippen LogP contribution in [0.25, 0.3) is 11.2 Å². The summed E-state index contributed by atoms with van der Waals surface area (Å²) in [5, 5.41) is 0. The fourth-order valence-corrected chi connectivity index (χ4v) is 2.87. The standard InChI is InChI=1S/C17H22N6O2/c1-12(13-7-5-6-8-18-13)20(2)9-10-23-11-19-15-14(23)16(24)22(4)17(25)21(15)3/h5-8,11-12H,9-10H2,1-4H3/t12-/m0/s1. The Hall–Kier alpha value is -2.74. The van der Waals surface area contributed by atoms with E-state index in [9.17, 15) is 9.59 Å². The SMILES string of the molecule is C[C@@H](c1ccccn1)N(C)CCn1cnc2c1c(=O)n(C)c(=O)n2C. The van der Waals surface area contributed by atoms with E-state index in [1.807, 2.05) is 25.2 Å². The molecule has 3 rings (SSSR count). The van der Waals surface area contributed by atoms with Crippen LogP contribution in [0, 0.1) is 0 Å². The summed E-state index contributed by atoms with van der Waals surface area (Å²) in [4.78, 5) is 35.2. The highest BCUT2D eigenvalue weighted by atomic mass is 16.2. The zero-order valence-corrected chi connectivity index (χ0v) is 14.9. The Bertz CT molecular complexity index is 1000. The molecule has 0 bridgehead atoms. The van der Waals surface area contributed by atoms with E-state index in [-0.39, 0.29) is 17.3 Å². The molecule has 0 spiro atoms. The van der Waals surface area contributed by atoms with Gasteiger partial charge in [-0.15, -0.1) is 0 Å². The van der Waals surface area contributed by atoms with Crippen LogP contribution >= 0.6 is 0 Å². The molecule has 0 aromatic carbocycles. The molecule has 3 aromatic rings. The second-order valence-electron chi connectivity index (χ2n) is 6.23. The maximum Gasteiger partial charge on any atom is 0.332 e. The fourth-order valence-electron chi connectivity index (χ4n) is 2.87. The van der Waals surface area contributed by atoms with Gasteiger partial charge in [0.25, 0.3) is 5.56 Å². The van der Waals surface area contributed by atoms with Crippen molar-refractivity contribution in [3.8, 4) is 0 Å². The molecule has 3 heterocycles. The van der Waals surface area contributed by atoms with Crippen LogP contribution in [0.15, 0.2) is 40.3 Å². The summed E-state index contributed by atoms with van der Waals surface area (Å²) in [5.41, 5.74) is 1.16. The van der Waals surface area contributed by atoms with E-state index in [1.165, 1.54) is 11.6 Å². The van der Waals surface area contributed by atoms with Crippen LogP contribution in [-0.2, 0) is 20.6 Å². The average Bonchev–Trinajstić information content (AvgIpc) is 3.06. The number of hydrogen-bond donors (Lipinski definition) is 0. The maximum atomic E-state index is 12.4. The summed E-state index contributed by atoms with van der Waals surface area (Å²) in [5.74, 6) is 0. The molecule has 3 aromatic heterocycles. The summed E-state index contributed by atoms with van der Waals surface area (Å²) in [6.45, 7) is 3.41. The minimum atomic E-state index is -0.372. The first-order valence-corrected chi connectivity index (χ1v) is 8.14. The van der Waals surface area contributed by atoms with Gasteiger partial charge in [-0.1, -0.05) is 6.07 Å². The first kappa shape index (κ1) is 17.1. The van der Waals surface area contributed by atoms with E-state index in [2.05, 4.69) is 21.8 Å². The van der Waals surface area contributed by atoms with Crippen molar-refractivity contribution in [2.75, 3.05) is 13.6 Å². The highest BCUT2D eigenvalue weighted by molar-refractivity contribution is 5.69. The Morgan fingerprint density at radius 3 is 2.60 bits per heavy atom. The van der Waals surface area contributed by atoms with Crippen LogP contribution in [0.3, 0.4) is 0 Å². The van der Waals surface area contributed by atoms with Gasteiger partial charge in [0.15, 0.2) is 11.2 Å². The molecule has 1 atom stereocenters. The second-order valence-corrected chi connectivity index (χ2v) is 6.23. The zero-order valence-electron chi connectivity index (χ0n) is 14.9. The van der Waals surface area contributed by atoms with Crippen molar-refractivity contribution in [1.29, 1.82) is 0 Å². The van der Waals surface area contributed by atoms with Crippen molar-refractivity contribution < 1.29 is 0 Å². The molecule has 0 fully saturated rings. The first-order chi connectivity index (χ1) is 11.9. The average molecular weight is 342 g/mol. The van der Waals surface area contributed by atoms with E-state index in [4.69, 9.17) is 0 Å². The van der Waals surface area contributed by atoms with Crippen LogP contribution in [0.4, 0.5) is 0 Å². The molecule has 8 nitrogen and oxygen atoms in total. The van der Waals surface area contributed by atoms with Gasteiger partial charge in [-0.05, 0) is 26.1 Å². The first-order valence-electron chi connectivity index (χ1n) is 8.14. The molecule has 0 aliphatic rings. The van der Waals surface area contributed by atoms with Gasteiger partial charge in [-0.2, -0.15) is 0 Å². The predicted octanol–water partition coefficient (Wildman–Crippen LogP) is 0.522. The lowest BCUT2D eigenvalue weighted by Crippen LogP contribution is -2.37. The molecule has 0 saturated heterocycles. The van der Waals surface area contributed by atoms with E-state index in [1.54, 1.807) is 24.1 Å². The molecule has 0 saturated carbocycles. The lowest BCUT2D eigenvalue weighted by Gasteiger charge is -2.24. The van der Waals surface area contributed by atoms with E-state index >= 15 is 0 Å². The normalized spacial score (nSPS) is 12.8. The predicted molar refractivity (Wildman–Crippen MR) is 95.5 cm³/mol. The monoisotopic (exact) mass is 342 g/mol. The zero-order chi connectivity index (χ0) is 18.1. The Morgan fingerprint density at radius 2 is 1.92 bits per heavy atom. The molecule has 0 N–H and O–H groups in total. The molecule has 0 aliphatic heterocycles. The van der Waals surface area contributed by atoms with Crippen molar-refractivity contribution in [1.82, 2.24) is 28.6 Å². The van der Waals surface area contributed by atoms with Crippen molar-refractivity contribution in [2.45, 2.75) is 19.5 Å². The van der Waals surface area contributed by atoms with Gasteiger partial charge in [0.05, 0.1) is 12.0 Å². The minimum Gasteiger partial charge on any atom is -0.323 e. The molecule has 0 radical (unpaired) electrons. The van der Waals surface area contributed by atoms with Gasteiger partial charge in [0.1, 0.15) is 0 Å². The van der Waals surface area contributed by atoms with Gasteiger partial charge < -0.3 is 4.57 Å². The molecular weight excluding hydrogens is 320 g/mol. The number of fused-ring (bicyclic) bond motifs is 1. The fraction of sp³-hybridized carbons (Fsp3) is 0.412. The number of rotatable bonds is 5. The van der Waals surface area contributed by atoms with Gasteiger partial charge in [-0.3, -0.25) is 23.8 Å². The summed E-state index contributed by atoms with van der Waals surface area (Å²) in [6.07, 6.45) is 3.40. The second kappa shape index (κ2) is 6.64. The highest BCUT2D eigenvalue weighted by Gasteiger charge is 2.16. The highest BCUT2D eigenvalue weighted by Crippen LogP contribution is 2.16. The number of pyridine rings is 1. The summed E-state index contributed by atoms with van der Waals surface area (Å²) in [6, 6.07) is 6.02. The van der Waals surface area contributed by atoms with Crippen LogP contribution in [0.5, 0.6) is 0 Å². The Kier molecular flexibility index (Phi) is 4.54. The molecule has 0 unspecified atom stereocenters. The molecule has 132 valence electrons. The number of aromatic nitrogens is 5. The number of imidazole rings is 1. The van der Waals surface area contributed by atoms with Crippen LogP contribution in [-0.4, -0.2) is 42.2 Å². The Labute approximate surface area is 145 Å². The third-order valence-corrected chi connectivity index (χ3v) is 4.69. The largest absolute Gasteiger partial charge is 0.332 e. The Balaban J connectivity index is 1.85. The minimum absolute atomic E-state index is 0.156. The van der Waals surface area contributed by atoms with Crippen LogP contribution in [0.2, 0.25) is 0 Å². The van der Waals surface area contributed by atoms with Gasteiger partial charge in [0.2, 0.25) is 0 Å². The van der Waals surface area contributed by atoms with Gasteiger partial charge in [0, 0.05) is 39.4 Å². The number of likely N-dealkylation sites (N-methyl/N-ethyl adjacent to an activating group) is 1. The maximum absolute atomic E-state index is 12.4. The molecular formula is C17H22N6O2. The van der Waals surface area contributed by atoms with Crippen molar-refractivity contribution in [3.63, 3.8) is 0 Å². The van der Waals surface area contributed by atoms with Gasteiger partial charge in [-0.25, -0.2) is 9.78 Å². The third kappa shape index (κ3) is 3.00. The smallest absolute Gasteiger partial charge is 0.323 e. The summed E-state index contributed by atoms with van der Waals surface area (Å²) >= 11 is 0. The summed E-state index contributed by atoms with van der Waals surface area (Å²) in [7, 11) is 5.12. The lowest BCUT2D eigenvalue weighted by molar-refractivity contribution is 0.248. The summed E-state index contributed by atoms with van der Waals surface area (Å²) < 4.78 is 4.31. The van der Waals surface area contributed by atoms with Crippen LogP contribution < -0.4 is 11.2 Å². The molecule has 0 aliphatic carbocycles. The third-order valence-electron chi connectivity index (χ3n) is 4.69. The molecule has 8 heteroatoms. The van der Waals surface area contributed by atoms with Crippen LogP contribution in [0.1, 0.15) is 18.7 Å². The van der Waals surface area contributed by atoms with E-state index in [0.29, 0.717) is 17.7 Å². The number of nitrogens with zero attached hydrogens (tertiary/aromatic N) is 6. The molecule has 25 heavy (non-hydrogen) atoms. The van der Waals surface area contributed by atoms with Gasteiger partial charge >= 0.3 is 5.69 Å². The number of aryl methyl sites for hydroxylation is 1. The number of hydrogen-bond acceptors (Lipinski definition) is 5. The Morgan fingerprint density at radius 1 is 1.16 bits per heavy atom. The van der Waals surface area contributed by atoms with E-state index < -0.39 is 0 Å². The molecule has 0 amide bonds. The quantitative estimate of drug-likeness (QED) is 0.676. The van der Waals surface area contributed by atoms with Crippen molar-refractivity contribution in [3.05, 3.63) is 57.3 Å².